The molecule has 0 aliphatic heterocycles. The van der Waals surface area contributed by atoms with Crippen molar-refractivity contribution < 1.29 is 4.79 Å². The van der Waals surface area contributed by atoms with Gasteiger partial charge >= 0.3 is 0 Å². The van der Waals surface area contributed by atoms with Crippen molar-refractivity contribution in [2.24, 2.45) is 0 Å². The van der Waals surface area contributed by atoms with Crippen molar-refractivity contribution in [1.29, 1.82) is 5.26 Å². The van der Waals surface area contributed by atoms with Gasteiger partial charge in [0, 0.05) is 19.2 Å². The van der Waals surface area contributed by atoms with Crippen LogP contribution in [0.2, 0.25) is 0 Å². The average molecular weight is 258 g/mol. The third kappa shape index (κ3) is 5.13. The molecule has 0 heterocycles. The first kappa shape index (κ1) is 15.2. The molecule has 3 nitrogen and oxygen atoms in total. The van der Waals surface area contributed by atoms with Gasteiger partial charge in [0.2, 0.25) is 5.91 Å². The summed E-state index contributed by atoms with van der Waals surface area (Å²) >= 11 is 0. The molecule has 1 aromatic carbocycles. The van der Waals surface area contributed by atoms with Gasteiger partial charge in [-0.15, -0.1) is 0 Å². The highest BCUT2D eigenvalue weighted by Crippen LogP contribution is 2.16. The van der Waals surface area contributed by atoms with Gasteiger partial charge < -0.3 is 4.90 Å². The van der Waals surface area contributed by atoms with E-state index in [2.05, 4.69) is 13.0 Å². The number of hydrogen-bond donors (Lipinski definition) is 0. The number of benzene rings is 1. The molecule has 0 fully saturated rings. The van der Waals surface area contributed by atoms with Gasteiger partial charge in [0.15, 0.2) is 0 Å². The normalized spacial score (nSPS) is 9.95. The minimum atomic E-state index is 0.117. The summed E-state index contributed by atoms with van der Waals surface area (Å²) in [4.78, 5) is 13.7. The van der Waals surface area contributed by atoms with E-state index in [1.54, 1.807) is 30.1 Å². The Morgan fingerprint density at radius 3 is 2.68 bits per heavy atom. The summed E-state index contributed by atoms with van der Waals surface area (Å²) in [5.41, 5.74) is 1.37. The number of nitrogens with zero attached hydrogens (tertiary/aromatic N) is 2. The molecule has 1 rings (SSSR count). The first-order chi connectivity index (χ1) is 9.19. The predicted octanol–water partition coefficient (Wildman–Crippen LogP) is 3.88. The predicted molar refractivity (Wildman–Crippen MR) is 77.9 cm³/mol. The number of hydrogen-bond acceptors (Lipinski definition) is 2. The third-order valence-electron chi connectivity index (χ3n) is 3.23. The average Bonchev–Trinajstić information content (AvgIpc) is 2.46. The molecular weight excluding hydrogens is 236 g/mol. The van der Waals surface area contributed by atoms with Gasteiger partial charge in [0.1, 0.15) is 0 Å². The van der Waals surface area contributed by atoms with Crippen LogP contribution in [0.25, 0.3) is 0 Å². The number of nitriles is 1. The maximum absolute atomic E-state index is 12.0. The van der Waals surface area contributed by atoms with Crippen LogP contribution >= 0.6 is 0 Å². The molecule has 0 spiro atoms. The van der Waals surface area contributed by atoms with E-state index in [-0.39, 0.29) is 5.91 Å². The lowest BCUT2D eigenvalue weighted by molar-refractivity contribution is -0.118. The minimum absolute atomic E-state index is 0.117. The zero-order chi connectivity index (χ0) is 14.1. The lowest BCUT2D eigenvalue weighted by Crippen LogP contribution is -2.25. The van der Waals surface area contributed by atoms with Crippen LogP contribution in [0.3, 0.4) is 0 Å². The van der Waals surface area contributed by atoms with Crippen LogP contribution in [0.4, 0.5) is 5.69 Å². The fourth-order valence-corrected chi connectivity index (χ4v) is 1.98. The summed E-state index contributed by atoms with van der Waals surface area (Å²) in [6, 6.07) is 9.24. The van der Waals surface area contributed by atoms with Crippen molar-refractivity contribution in [3.05, 3.63) is 29.8 Å². The number of anilines is 1. The second kappa shape index (κ2) is 8.31. The van der Waals surface area contributed by atoms with E-state index in [4.69, 9.17) is 5.26 Å². The fourth-order valence-electron chi connectivity index (χ4n) is 1.98. The molecule has 1 aromatic rings. The molecule has 0 unspecified atom stereocenters. The molecule has 19 heavy (non-hydrogen) atoms. The Hall–Kier alpha value is -1.82. The maximum Gasteiger partial charge on any atom is 0.226 e. The number of rotatable bonds is 7. The molecule has 102 valence electrons. The van der Waals surface area contributed by atoms with Crippen molar-refractivity contribution in [1.82, 2.24) is 0 Å². The zero-order valence-electron chi connectivity index (χ0n) is 11.9. The van der Waals surface area contributed by atoms with Gasteiger partial charge in [0.05, 0.1) is 11.6 Å². The second-order valence-corrected chi connectivity index (χ2v) is 4.78. The van der Waals surface area contributed by atoms with E-state index in [1.807, 2.05) is 6.07 Å². The van der Waals surface area contributed by atoms with Crippen molar-refractivity contribution in [2.75, 3.05) is 11.9 Å². The largest absolute Gasteiger partial charge is 0.315 e. The Labute approximate surface area is 115 Å². The van der Waals surface area contributed by atoms with E-state index in [0.29, 0.717) is 12.0 Å². The summed E-state index contributed by atoms with van der Waals surface area (Å²) in [7, 11) is 1.77. The molecule has 0 aliphatic carbocycles. The van der Waals surface area contributed by atoms with Crippen LogP contribution in [-0.2, 0) is 4.79 Å². The van der Waals surface area contributed by atoms with Gasteiger partial charge in [0.25, 0.3) is 0 Å². The Bertz CT molecular complexity index is 448. The number of amides is 1. The first-order valence-corrected chi connectivity index (χ1v) is 6.95. The Morgan fingerprint density at radius 2 is 2.00 bits per heavy atom. The molecule has 0 saturated carbocycles. The van der Waals surface area contributed by atoms with Gasteiger partial charge in [-0.2, -0.15) is 5.26 Å². The Balaban J connectivity index is 2.45. The van der Waals surface area contributed by atoms with Gasteiger partial charge in [-0.1, -0.05) is 38.7 Å². The van der Waals surface area contributed by atoms with Crippen LogP contribution in [0.15, 0.2) is 24.3 Å². The van der Waals surface area contributed by atoms with Crippen molar-refractivity contribution in [2.45, 2.75) is 45.4 Å². The van der Waals surface area contributed by atoms with Gasteiger partial charge in [-0.3, -0.25) is 4.79 Å². The molecule has 0 saturated heterocycles. The summed E-state index contributed by atoms with van der Waals surface area (Å²) in [5, 5.41) is 8.85. The molecule has 0 atom stereocenters. The van der Waals surface area contributed by atoms with Crippen LogP contribution in [-0.4, -0.2) is 13.0 Å². The van der Waals surface area contributed by atoms with Crippen LogP contribution in [0, 0.1) is 11.3 Å². The highest BCUT2D eigenvalue weighted by molar-refractivity contribution is 5.92. The molecule has 0 radical (unpaired) electrons. The van der Waals surface area contributed by atoms with E-state index in [0.717, 1.165) is 18.5 Å². The monoisotopic (exact) mass is 258 g/mol. The molecule has 3 heteroatoms. The molecule has 0 bridgehead atoms. The van der Waals surface area contributed by atoms with Crippen molar-refractivity contribution >= 4 is 11.6 Å². The first-order valence-electron chi connectivity index (χ1n) is 6.95. The summed E-state index contributed by atoms with van der Waals surface area (Å²) in [5.74, 6) is 0.117. The van der Waals surface area contributed by atoms with E-state index in [1.165, 1.54) is 19.3 Å². The smallest absolute Gasteiger partial charge is 0.226 e. The van der Waals surface area contributed by atoms with Crippen LogP contribution in [0.5, 0.6) is 0 Å². The summed E-state index contributed by atoms with van der Waals surface area (Å²) < 4.78 is 0. The fraction of sp³-hybridized carbons (Fsp3) is 0.500. The van der Waals surface area contributed by atoms with E-state index >= 15 is 0 Å². The summed E-state index contributed by atoms with van der Waals surface area (Å²) in [6.07, 6.45) is 6.31. The highest BCUT2D eigenvalue weighted by Gasteiger charge is 2.10. The molecule has 0 aromatic heterocycles. The standard InChI is InChI=1S/C16H22N2O/c1-3-4-5-6-7-11-16(19)18(2)15-10-8-9-14(12-15)13-17/h8-10,12H,3-7,11H2,1-2H3. The zero-order valence-corrected chi connectivity index (χ0v) is 11.9. The lowest BCUT2D eigenvalue weighted by Gasteiger charge is -2.17. The Kier molecular flexibility index (Phi) is 6.67. The SMILES string of the molecule is CCCCCCCC(=O)N(C)c1cccc(C#N)c1. The molecular formula is C16H22N2O. The number of carbonyl (C=O) groups excluding carboxylic acids is 1. The van der Waals surface area contributed by atoms with Crippen LogP contribution < -0.4 is 4.90 Å². The van der Waals surface area contributed by atoms with Crippen LogP contribution in [0.1, 0.15) is 51.0 Å². The maximum atomic E-state index is 12.0. The second-order valence-electron chi connectivity index (χ2n) is 4.78. The van der Waals surface area contributed by atoms with E-state index < -0.39 is 0 Å². The quantitative estimate of drug-likeness (QED) is 0.696. The van der Waals surface area contributed by atoms with Crippen molar-refractivity contribution in [3.8, 4) is 6.07 Å². The number of unbranched alkanes of at least 4 members (excludes halogenated alkanes) is 4. The van der Waals surface area contributed by atoms with Gasteiger partial charge in [-0.05, 0) is 24.6 Å². The number of carbonyl (C=O) groups is 1. The highest BCUT2D eigenvalue weighted by atomic mass is 16.2. The Morgan fingerprint density at radius 1 is 1.26 bits per heavy atom. The summed E-state index contributed by atoms with van der Waals surface area (Å²) in [6.45, 7) is 2.18. The van der Waals surface area contributed by atoms with Gasteiger partial charge in [-0.25, -0.2) is 0 Å². The molecule has 0 aliphatic rings. The molecule has 0 N–H and O–H groups in total. The lowest BCUT2D eigenvalue weighted by atomic mass is 10.1. The minimum Gasteiger partial charge on any atom is -0.315 e. The third-order valence-corrected chi connectivity index (χ3v) is 3.23. The van der Waals surface area contributed by atoms with E-state index in [9.17, 15) is 4.79 Å². The topological polar surface area (TPSA) is 44.1 Å². The molecule has 1 amide bonds. The van der Waals surface area contributed by atoms with Crippen molar-refractivity contribution in [3.63, 3.8) is 0 Å².